The molecule has 7 nitrogen and oxygen atoms in total. The van der Waals surface area contributed by atoms with Crippen molar-refractivity contribution in [1.82, 2.24) is 24.6 Å². The monoisotopic (exact) mass is 521 g/mol. The van der Waals surface area contributed by atoms with Gasteiger partial charge in [0, 0.05) is 54.0 Å². The summed E-state index contributed by atoms with van der Waals surface area (Å²) in [6.07, 6.45) is 1.80. The maximum Gasteiger partial charge on any atom is 0.298 e. The maximum absolute atomic E-state index is 13.4. The van der Waals surface area contributed by atoms with Crippen molar-refractivity contribution in [2.45, 2.75) is 79.2 Å². The highest BCUT2D eigenvalue weighted by molar-refractivity contribution is 6.32. The average molecular weight is 522 g/mol. The first-order valence-electron chi connectivity index (χ1n) is 12.9. The molecule has 196 valence electrons. The minimum absolute atomic E-state index is 0.0752. The van der Waals surface area contributed by atoms with E-state index < -0.39 is 0 Å². The number of fused-ring (bicyclic) bond motifs is 1. The van der Waals surface area contributed by atoms with Gasteiger partial charge in [0.2, 0.25) is 0 Å². The van der Waals surface area contributed by atoms with E-state index in [0.29, 0.717) is 31.6 Å². The van der Waals surface area contributed by atoms with E-state index in [0.717, 1.165) is 45.1 Å². The van der Waals surface area contributed by atoms with E-state index in [1.807, 2.05) is 13.0 Å². The average Bonchev–Trinajstić information content (AvgIpc) is 3.32. The lowest BCUT2D eigenvalue weighted by Gasteiger charge is -2.37. The molecule has 0 bridgehead atoms. The number of amides is 1. The standard InChI is InChI=1S/C29H36ClN5O2/c1-8-9-27(37)34-15-19(16-34)12-25(36)28-18(4)31-26(35(28)17(2)3)11-10-23-20-13-21(29(5,6)7)22(30)14-24(20)33-32-23/h13-14,17,19H,10-12,15-16H2,1-7H3,(H,32,33). The lowest BCUT2D eigenvalue weighted by Crippen LogP contribution is -2.50. The van der Waals surface area contributed by atoms with Crippen LogP contribution in [-0.2, 0) is 23.1 Å². The highest BCUT2D eigenvalue weighted by Gasteiger charge is 2.33. The number of carbonyl (C=O) groups excluding carboxylic acids is 2. The number of nitrogens with zero attached hydrogens (tertiary/aromatic N) is 4. The molecule has 0 saturated carbocycles. The van der Waals surface area contributed by atoms with E-state index >= 15 is 0 Å². The number of rotatable bonds is 7. The number of aromatic nitrogens is 4. The summed E-state index contributed by atoms with van der Waals surface area (Å²) in [4.78, 5) is 31.8. The number of benzene rings is 1. The largest absolute Gasteiger partial charge is 0.331 e. The predicted molar refractivity (Wildman–Crippen MR) is 147 cm³/mol. The molecule has 3 aromatic rings. The molecule has 4 rings (SSSR count). The van der Waals surface area contributed by atoms with Crippen LogP contribution in [0.2, 0.25) is 5.02 Å². The van der Waals surface area contributed by atoms with E-state index in [9.17, 15) is 9.59 Å². The fourth-order valence-electron chi connectivity index (χ4n) is 5.17. The maximum atomic E-state index is 13.4. The number of halogens is 1. The topological polar surface area (TPSA) is 83.9 Å². The van der Waals surface area contributed by atoms with Crippen LogP contribution in [-0.4, -0.2) is 49.4 Å². The molecular weight excluding hydrogens is 486 g/mol. The molecule has 0 aliphatic carbocycles. The molecule has 0 atom stereocenters. The molecular formula is C29H36ClN5O2. The van der Waals surface area contributed by atoms with Crippen molar-refractivity contribution in [3.8, 4) is 11.8 Å². The van der Waals surface area contributed by atoms with E-state index in [1.165, 1.54) is 0 Å². The summed E-state index contributed by atoms with van der Waals surface area (Å²) in [5, 5.41) is 9.46. The highest BCUT2D eigenvalue weighted by Crippen LogP contribution is 2.34. The number of imidazole rings is 1. The van der Waals surface area contributed by atoms with Gasteiger partial charge in [-0.05, 0) is 63.1 Å². The van der Waals surface area contributed by atoms with Crippen molar-refractivity contribution >= 4 is 34.2 Å². The van der Waals surface area contributed by atoms with Crippen LogP contribution in [0.4, 0.5) is 0 Å². The number of likely N-dealkylation sites (tertiary alicyclic amines) is 1. The third kappa shape index (κ3) is 5.45. The zero-order chi connectivity index (χ0) is 27.1. The molecule has 1 N–H and O–H groups in total. The van der Waals surface area contributed by atoms with E-state index in [-0.39, 0.29) is 29.1 Å². The second-order valence-corrected chi connectivity index (χ2v) is 11.7. The Kier molecular flexibility index (Phi) is 7.52. The molecule has 37 heavy (non-hydrogen) atoms. The summed E-state index contributed by atoms with van der Waals surface area (Å²) in [5.41, 5.74) is 4.35. The summed E-state index contributed by atoms with van der Waals surface area (Å²) < 4.78 is 2.08. The lowest BCUT2D eigenvalue weighted by atomic mass is 9.86. The van der Waals surface area contributed by atoms with Crippen molar-refractivity contribution < 1.29 is 9.59 Å². The second-order valence-electron chi connectivity index (χ2n) is 11.3. The number of ketones is 1. The van der Waals surface area contributed by atoms with Crippen LogP contribution >= 0.6 is 11.6 Å². The van der Waals surface area contributed by atoms with Crippen LogP contribution in [0.1, 0.15) is 87.3 Å². The molecule has 1 aliphatic rings. The Bertz CT molecular complexity index is 1410. The molecule has 0 unspecified atom stereocenters. The van der Waals surface area contributed by atoms with Gasteiger partial charge >= 0.3 is 0 Å². The van der Waals surface area contributed by atoms with Gasteiger partial charge in [-0.3, -0.25) is 14.7 Å². The SMILES string of the molecule is CC#CC(=O)N1CC(CC(=O)c2c(C)nc(CCc3[nH]nc4cc(Cl)c(C(C)(C)C)cc34)n2C(C)C)C1. The highest BCUT2D eigenvalue weighted by atomic mass is 35.5. The quantitative estimate of drug-likeness (QED) is 0.331. The fourth-order valence-corrected chi connectivity index (χ4v) is 5.61. The Morgan fingerprint density at radius 3 is 2.54 bits per heavy atom. The molecule has 1 saturated heterocycles. The fraction of sp³-hybridized carbons (Fsp3) is 0.517. The van der Waals surface area contributed by atoms with Crippen molar-refractivity contribution in [3.63, 3.8) is 0 Å². The lowest BCUT2D eigenvalue weighted by molar-refractivity contribution is -0.131. The number of aryl methyl sites for hydroxylation is 3. The molecule has 3 heterocycles. The number of Topliss-reactive ketones (excluding diaryl/α,β-unsaturated/α-hetero) is 1. The van der Waals surface area contributed by atoms with E-state index in [1.54, 1.807) is 11.8 Å². The molecule has 8 heteroatoms. The van der Waals surface area contributed by atoms with E-state index in [4.69, 9.17) is 16.6 Å². The Balaban J connectivity index is 1.53. The number of hydrogen-bond acceptors (Lipinski definition) is 4. The first kappa shape index (κ1) is 26.9. The minimum atomic E-state index is -0.167. The Morgan fingerprint density at radius 2 is 1.92 bits per heavy atom. The van der Waals surface area contributed by atoms with Gasteiger partial charge in [0.05, 0.1) is 11.2 Å². The third-order valence-corrected chi connectivity index (χ3v) is 7.33. The van der Waals surface area contributed by atoms with Gasteiger partial charge < -0.3 is 9.47 Å². The van der Waals surface area contributed by atoms with Crippen LogP contribution < -0.4 is 0 Å². The molecule has 1 aliphatic heterocycles. The minimum Gasteiger partial charge on any atom is -0.331 e. The zero-order valence-corrected chi connectivity index (χ0v) is 23.6. The molecule has 1 aromatic carbocycles. The molecule has 2 aromatic heterocycles. The number of aromatic amines is 1. The molecule has 1 fully saturated rings. The first-order valence-corrected chi connectivity index (χ1v) is 13.3. The third-order valence-electron chi connectivity index (χ3n) is 7.02. The van der Waals surface area contributed by atoms with Crippen LogP contribution in [0.3, 0.4) is 0 Å². The first-order chi connectivity index (χ1) is 17.4. The molecule has 1 amide bonds. The number of H-pyrrole nitrogens is 1. The summed E-state index contributed by atoms with van der Waals surface area (Å²) in [6, 6.07) is 4.17. The van der Waals surface area contributed by atoms with Crippen LogP contribution in [0.5, 0.6) is 0 Å². The number of nitrogens with one attached hydrogen (secondary N) is 1. The number of hydrogen-bond donors (Lipinski definition) is 1. The van der Waals surface area contributed by atoms with Crippen molar-refractivity contribution in [2.24, 2.45) is 5.92 Å². The van der Waals surface area contributed by atoms with E-state index in [2.05, 4.69) is 67.3 Å². The van der Waals surface area contributed by atoms with Gasteiger partial charge in [-0.2, -0.15) is 5.10 Å². The van der Waals surface area contributed by atoms with Gasteiger partial charge in [0.25, 0.3) is 5.91 Å². The normalized spacial score (nSPS) is 14.1. The summed E-state index contributed by atoms with van der Waals surface area (Å²) in [7, 11) is 0. The summed E-state index contributed by atoms with van der Waals surface area (Å²) >= 11 is 6.54. The Labute approximate surface area is 224 Å². The van der Waals surface area contributed by atoms with Crippen molar-refractivity contribution in [1.29, 1.82) is 0 Å². The zero-order valence-electron chi connectivity index (χ0n) is 22.8. The van der Waals surface area contributed by atoms with Crippen LogP contribution in [0.15, 0.2) is 12.1 Å². The van der Waals surface area contributed by atoms with Gasteiger partial charge in [-0.25, -0.2) is 4.98 Å². The summed E-state index contributed by atoms with van der Waals surface area (Å²) in [6.45, 7) is 15.3. The van der Waals surface area contributed by atoms with Gasteiger partial charge in [0.15, 0.2) is 5.78 Å². The molecule has 0 spiro atoms. The Hall–Kier alpha value is -3.11. The summed E-state index contributed by atoms with van der Waals surface area (Å²) in [5.74, 6) is 6.18. The smallest absolute Gasteiger partial charge is 0.298 e. The van der Waals surface area contributed by atoms with Crippen LogP contribution in [0, 0.1) is 24.7 Å². The molecule has 0 radical (unpaired) electrons. The van der Waals surface area contributed by atoms with Gasteiger partial charge in [-0.15, -0.1) is 0 Å². The van der Waals surface area contributed by atoms with Crippen LogP contribution in [0.25, 0.3) is 10.9 Å². The van der Waals surface area contributed by atoms with Gasteiger partial charge in [-0.1, -0.05) is 38.3 Å². The van der Waals surface area contributed by atoms with Crippen molar-refractivity contribution in [2.75, 3.05) is 13.1 Å². The number of carbonyl (C=O) groups is 2. The van der Waals surface area contributed by atoms with Gasteiger partial charge in [0.1, 0.15) is 11.5 Å². The second kappa shape index (κ2) is 10.3. The Morgan fingerprint density at radius 1 is 1.22 bits per heavy atom. The predicted octanol–water partition coefficient (Wildman–Crippen LogP) is 5.44. The van der Waals surface area contributed by atoms with Crippen molar-refractivity contribution in [3.05, 3.63) is 45.6 Å².